The topological polar surface area (TPSA) is 20.2 Å². The monoisotopic (exact) mass is 600 g/mol. The van der Waals surface area contributed by atoms with Crippen LogP contribution >= 0.6 is 0 Å². The Morgan fingerprint density at radius 3 is 1.70 bits per heavy atom. The van der Waals surface area contributed by atoms with Gasteiger partial charge in [-0.2, -0.15) is 57.1 Å². The van der Waals surface area contributed by atoms with E-state index >= 15 is 8.78 Å². The molecule has 0 aliphatic rings. The molecule has 0 aromatic heterocycles. The first kappa shape index (κ1) is 33.7. The van der Waals surface area contributed by atoms with E-state index in [-0.39, 0.29) is 5.56 Å². The van der Waals surface area contributed by atoms with E-state index in [2.05, 4.69) is 0 Å². The van der Waals surface area contributed by atoms with Crippen LogP contribution in [-0.4, -0.2) is 40.9 Å². The van der Waals surface area contributed by atoms with E-state index in [4.69, 9.17) is 0 Å². The van der Waals surface area contributed by atoms with Gasteiger partial charge in [0.15, 0.2) is 0 Å². The Kier molecular flexibility index (Phi) is 9.31. The number of aliphatic hydroxyl groups is 1. The van der Waals surface area contributed by atoms with Crippen LogP contribution in [0.15, 0.2) is 54.6 Å². The number of benzene rings is 2. The summed E-state index contributed by atoms with van der Waals surface area (Å²) in [7, 11) is 0. The van der Waals surface area contributed by atoms with Crippen molar-refractivity contribution in [2.24, 2.45) is 0 Å². The van der Waals surface area contributed by atoms with Gasteiger partial charge in [0.1, 0.15) is 5.60 Å². The SMILES string of the molecule is CCCCc1cccc(C(O)(CC(F)(F)C(F)(F)C(F)(F)C(F)(F)C(F)(F)C(F)(F)F)C(C)c2ccccc2)c1. The van der Waals surface area contributed by atoms with Crippen molar-refractivity contribution in [3.8, 4) is 0 Å². The van der Waals surface area contributed by atoms with Crippen LogP contribution < -0.4 is 0 Å². The highest BCUT2D eigenvalue weighted by Gasteiger charge is 2.90. The molecule has 0 fully saturated rings. The Morgan fingerprint density at radius 2 is 1.20 bits per heavy atom. The molecule has 1 nitrogen and oxygen atoms in total. The standard InChI is InChI=1S/C26H25F13O/c1-3-4-9-17-10-8-13-19(14-17)20(40,16(2)18-11-6-5-7-12-18)15-21(27,28)22(29,30)23(31,32)24(33,34)25(35,36)26(37,38)39/h5-8,10-14,16,40H,3-4,9,15H2,1-2H3. The van der Waals surface area contributed by atoms with Crippen molar-refractivity contribution in [1.82, 2.24) is 0 Å². The Balaban J connectivity index is 2.70. The molecule has 0 radical (unpaired) electrons. The average Bonchev–Trinajstić information content (AvgIpc) is 2.86. The molecule has 2 aromatic rings. The lowest BCUT2D eigenvalue weighted by molar-refractivity contribution is -0.441. The molecule has 0 heterocycles. The van der Waals surface area contributed by atoms with Crippen molar-refractivity contribution >= 4 is 0 Å². The number of hydrogen-bond acceptors (Lipinski definition) is 1. The van der Waals surface area contributed by atoms with Crippen LogP contribution in [0.2, 0.25) is 0 Å². The minimum Gasteiger partial charge on any atom is -0.384 e. The van der Waals surface area contributed by atoms with Crippen molar-refractivity contribution in [3.63, 3.8) is 0 Å². The van der Waals surface area contributed by atoms with E-state index in [1.165, 1.54) is 42.5 Å². The number of aryl methyl sites for hydroxylation is 1. The lowest BCUT2D eigenvalue weighted by Gasteiger charge is -2.43. The zero-order valence-corrected chi connectivity index (χ0v) is 21.0. The summed E-state index contributed by atoms with van der Waals surface area (Å²) in [6.45, 7) is 2.84. The van der Waals surface area contributed by atoms with Gasteiger partial charge in [0.2, 0.25) is 0 Å². The van der Waals surface area contributed by atoms with E-state index in [0.29, 0.717) is 24.8 Å². The van der Waals surface area contributed by atoms with Crippen LogP contribution in [-0.2, 0) is 12.0 Å². The zero-order chi connectivity index (χ0) is 31.0. The Bertz CT molecular complexity index is 1130. The fourth-order valence-electron chi connectivity index (χ4n) is 4.15. The van der Waals surface area contributed by atoms with Gasteiger partial charge in [-0.05, 0) is 29.5 Å². The second-order valence-electron chi connectivity index (χ2n) is 9.54. The number of halogens is 13. The second-order valence-corrected chi connectivity index (χ2v) is 9.54. The molecule has 2 aromatic carbocycles. The summed E-state index contributed by atoms with van der Waals surface area (Å²) in [5, 5.41) is 11.4. The highest BCUT2D eigenvalue weighted by atomic mass is 19.4. The van der Waals surface area contributed by atoms with E-state index in [0.717, 1.165) is 19.1 Å². The molecule has 0 amide bonds. The molecule has 2 rings (SSSR count). The first-order chi connectivity index (χ1) is 18.0. The highest BCUT2D eigenvalue weighted by molar-refractivity contribution is 5.34. The van der Waals surface area contributed by atoms with Crippen molar-refractivity contribution in [1.29, 1.82) is 0 Å². The van der Waals surface area contributed by atoms with Crippen LogP contribution in [0.5, 0.6) is 0 Å². The molecule has 0 saturated heterocycles. The third-order valence-electron chi connectivity index (χ3n) is 6.75. The van der Waals surface area contributed by atoms with Gasteiger partial charge in [-0.3, -0.25) is 0 Å². The first-order valence-electron chi connectivity index (χ1n) is 11.8. The van der Waals surface area contributed by atoms with E-state index in [1.54, 1.807) is 6.92 Å². The minimum atomic E-state index is -8.01. The minimum absolute atomic E-state index is 0.00349. The highest BCUT2D eigenvalue weighted by Crippen LogP contribution is 2.62. The molecular weight excluding hydrogens is 575 g/mol. The Hall–Kier alpha value is -2.51. The van der Waals surface area contributed by atoms with Crippen LogP contribution in [0, 0.1) is 0 Å². The molecule has 0 bridgehead atoms. The number of rotatable bonds is 12. The smallest absolute Gasteiger partial charge is 0.384 e. The Morgan fingerprint density at radius 1 is 0.675 bits per heavy atom. The molecule has 0 aliphatic carbocycles. The molecule has 1 N–H and O–H groups in total. The molecule has 0 aliphatic heterocycles. The zero-order valence-electron chi connectivity index (χ0n) is 21.0. The maximum absolute atomic E-state index is 15.0. The summed E-state index contributed by atoms with van der Waals surface area (Å²) in [5.41, 5.74) is -3.35. The fourth-order valence-corrected chi connectivity index (χ4v) is 4.15. The summed E-state index contributed by atoms with van der Waals surface area (Å²) >= 11 is 0. The number of hydrogen-bond donors (Lipinski definition) is 1. The van der Waals surface area contributed by atoms with Gasteiger partial charge in [0.25, 0.3) is 0 Å². The van der Waals surface area contributed by atoms with Crippen molar-refractivity contribution in [2.75, 3.05) is 0 Å². The quantitative estimate of drug-likeness (QED) is 0.241. The molecule has 2 unspecified atom stereocenters. The van der Waals surface area contributed by atoms with E-state index < -0.39 is 59.3 Å². The maximum atomic E-state index is 15.0. The third-order valence-corrected chi connectivity index (χ3v) is 6.75. The number of alkyl halides is 13. The summed E-state index contributed by atoms with van der Waals surface area (Å²) < 4.78 is 179. The van der Waals surface area contributed by atoms with Gasteiger partial charge in [0, 0.05) is 5.92 Å². The lowest BCUT2D eigenvalue weighted by Crippen LogP contribution is -2.70. The summed E-state index contributed by atoms with van der Waals surface area (Å²) in [4.78, 5) is 0. The van der Waals surface area contributed by atoms with Crippen LogP contribution in [0.3, 0.4) is 0 Å². The summed E-state index contributed by atoms with van der Waals surface area (Å²) in [6.07, 6.45) is -8.72. The Labute approximate surface area is 221 Å². The van der Waals surface area contributed by atoms with Crippen molar-refractivity contribution in [3.05, 3.63) is 71.3 Å². The molecule has 226 valence electrons. The van der Waals surface area contributed by atoms with Crippen LogP contribution in [0.1, 0.15) is 55.7 Å². The maximum Gasteiger partial charge on any atom is 0.460 e. The molecular formula is C26H25F13O. The lowest BCUT2D eigenvalue weighted by atomic mass is 9.73. The van der Waals surface area contributed by atoms with Crippen LogP contribution in [0.4, 0.5) is 57.1 Å². The largest absolute Gasteiger partial charge is 0.460 e. The van der Waals surface area contributed by atoms with Gasteiger partial charge >= 0.3 is 35.8 Å². The molecule has 2 atom stereocenters. The van der Waals surface area contributed by atoms with Gasteiger partial charge in [0.05, 0.1) is 6.42 Å². The predicted octanol–water partition coefficient (Wildman–Crippen LogP) is 9.15. The van der Waals surface area contributed by atoms with E-state index in [1.807, 2.05) is 0 Å². The molecule has 0 saturated carbocycles. The molecule has 0 spiro atoms. The van der Waals surface area contributed by atoms with Crippen LogP contribution in [0.25, 0.3) is 0 Å². The summed E-state index contributed by atoms with van der Waals surface area (Å²) in [6, 6.07) is 11.4. The van der Waals surface area contributed by atoms with Crippen molar-refractivity contribution in [2.45, 2.75) is 86.8 Å². The van der Waals surface area contributed by atoms with Crippen molar-refractivity contribution < 1.29 is 62.2 Å². The van der Waals surface area contributed by atoms with Gasteiger partial charge < -0.3 is 5.11 Å². The fraction of sp³-hybridized carbons (Fsp3) is 0.538. The van der Waals surface area contributed by atoms with Gasteiger partial charge in [-0.25, -0.2) is 0 Å². The third kappa shape index (κ3) is 5.64. The molecule has 40 heavy (non-hydrogen) atoms. The molecule has 14 heteroatoms. The normalized spacial score (nSPS) is 16.5. The van der Waals surface area contributed by atoms with Gasteiger partial charge in [-0.15, -0.1) is 0 Å². The second kappa shape index (κ2) is 11.1. The first-order valence-corrected chi connectivity index (χ1v) is 11.8. The predicted molar refractivity (Wildman–Crippen MR) is 119 cm³/mol. The number of unbranched alkanes of at least 4 members (excludes halogenated alkanes) is 1. The van der Waals surface area contributed by atoms with E-state index in [9.17, 15) is 53.4 Å². The summed E-state index contributed by atoms with van der Waals surface area (Å²) in [5.74, 6) is -39.3. The average molecular weight is 600 g/mol. The van der Waals surface area contributed by atoms with Gasteiger partial charge in [-0.1, -0.05) is 74.9 Å².